The minimum atomic E-state index is -0.926. The van der Waals surface area contributed by atoms with Gasteiger partial charge in [0.1, 0.15) is 11.4 Å². The van der Waals surface area contributed by atoms with Gasteiger partial charge >= 0.3 is 5.97 Å². The summed E-state index contributed by atoms with van der Waals surface area (Å²) in [5.41, 5.74) is 4.25. The van der Waals surface area contributed by atoms with Crippen LogP contribution in [0.4, 0.5) is 5.69 Å². The Morgan fingerprint density at radius 1 is 1.10 bits per heavy atom. The fourth-order valence-corrected chi connectivity index (χ4v) is 5.26. The molecule has 1 unspecified atom stereocenters. The molecule has 0 aliphatic heterocycles. The van der Waals surface area contributed by atoms with E-state index in [-0.39, 0.29) is 24.9 Å². The number of benzene rings is 2. The van der Waals surface area contributed by atoms with Crippen molar-refractivity contribution in [2.75, 3.05) is 33.1 Å². The summed E-state index contributed by atoms with van der Waals surface area (Å²) in [5, 5.41) is 17.6. The number of nitrogens with one attached hydrogen (secondary N) is 1. The molecule has 1 saturated carbocycles. The van der Waals surface area contributed by atoms with Gasteiger partial charge in [0.05, 0.1) is 31.9 Å². The normalized spacial score (nSPS) is 14.5. The SMILES string of the molecule is COCc1nn(-c2ccccc2OC)cc1C(Nc1ccc(C(=O)N(C)CCC(=O)O)cc1)C1CCCCC1. The molecule has 1 aromatic heterocycles. The molecule has 9 nitrogen and oxygen atoms in total. The number of rotatable bonds is 12. The average Bonchev–Trinajstić information content (AvgIpc) is 3.38. The Kier molecular flexibility index (Phi) is 9.59. The number of para-hydroxylation sites is 2. The monoisotopic (exact) mass is 534 g/mol. The molecule has 1 aliphatic carbocycles. The number of methoxy groups -OCH3 is 2. The summed E-state index contributed by atoms with van der Waals surface area (Å²) in [5.74, 6) is 0.0383. The molecular formula is C30H38N4O5. The molecule has 0 radical (unpaired) electrons. The Morgan fingerprint density at radius 2 is 1.82 bits per heavy atom. The third-order valence-electron chi connectivity index (χ3n) is 7.35. The van der Waals surface area contributed by atoms with Gasteiger partial charge in [0.2, 0.25) is 0 Å². The van der Waals surface area contributed by atoms with Gasteiger partial charge in [0, 0.05) is 43.7 Å². The topological polar surface area (TPSA) is 106 Å². The number of anilines is 1. The first-order valence-electron chi connectivity index (χ1n) is 13.5. The smallest absolute Gasteiger partial charge is 0.305 e. The van der Waals surface area contributed by atoms with E-state index in [1.807, 2.05) is 41.1 Å². The largest absolute Gasteiger partial charge is 0.494 e. The number of ether oxygens (including phenoxy) is 2. The Hall–Kier alpha value is -3.85. The molecule has 4 rings (SSSR count). The Labute approximate surface area is 229 Å². The summed E-state index contributed by atoms with van der Waals surface area (Å²) in [4.78, 5) is 25.0. The summed E-state index contributed by atoms with van der Waals surface area (Å²) >= 11 is 0. The first-order valence-corrected chi connectivity index (χ1v) is 13.5. The van der Waals surface area contributed by atoms with Crippen LogP contribution in [0.5, 0.6) is 5.75 Å². The van der Waals surface area contributed by atoms with E-state index in [0.29, 0.717) is 18.1 Å². The van der Waals surface area contributed by atoms with Crippen LogP contribution in [0, 0.1) is 5.92 Å². The zero-order chi connectivity index (χ0) is 27.8. The number of carboxylic acids is 1. The third-order valence-corrected chi connectivity index (χ3v) is 7.35. The van der Waals surface area contributed by atoms with Crippen molar-refractivity contribution in [3.05, 3.63) is 71.5 Å². The minimum absolute atomic E-state index is 0.0127. The van der Waals surface area contributed by atoms with Gasteiger partial charge in [-0.05, 0) is 55.2 Å². The standard InChI is InChI=1S/C30H38N4O5/c1-33(18-17-28(35)36)30(37)22-13-15-23(16-14-22)31-29(21-9-5-4-6-10-21)24-19-34(32-25(24)20-38-2)26-11-7-8-12-27(26)39-3/h7-8,11-16,19,21,29,31H,4-6,9-10,17-18,20H2,1-3H3,(H,35,36). The van der Waals surface area contributed by atoms with Gasteiger partial charge in [-0.15, -0.1) is 0 Å². The molecule has 1 fully saturated rings. The number of aromatic nitrogens is 2. The summed E-state index contributed by atoms with van der Waals surface area (Å²) in [6, 6.07) is 15.2. The van der Waals surface area contributed by atoms with Crippen molar-refractivity contribution >= 4 is 17.6 Å². The molecular weight excluding hydrogens is 496 g/mol. The van der Waals surface area contributed by atoms with Crippen LogP contribution in [0.2, 0.25) is 0 Å². The highest BCUT2D eigenvalue weighted by Crippen LogP contribution is 2.39. The molecule has 1 atom stereocenters. The van der Waals surface area contributed by atoms with Crippen LogP contribution >= 0.6 is 0 Å². The van der Waals surface area contributed by atoms with Gasteiger partial charge in [-0.3, -0.25) is 9.59 Å². The highest BCUT2D eigenvalue weighted by molar-refractivity contribution is 5.94. The first kappa shape index (κ1) is 28.2. The zero-order valence-corrected chi connectivity index (χ0v) is 22.9. The second-order valence-corrected chi connectivity index (χ2v) is 10.0. The fraction of sp³-hybridized carbons (Fsp3) is 0.433. The van der Waals surface area contributed by atoms with Gasteiger partial charge in [-0.1, -0.05) is 31.4 Å². The molecule has 1 aliphatic rings. The fourth-order valence-electron chi connectivity index (χ4n) is 5.26. The number of nitrogens with zero attached hydrogens (tertiary/aromatic N) is 3. The van der Waals surface area contributed by atoms with Gasteiger partial charge in [0.15, 0.2) is 0 Å². The highest BCUT2D eigenvalue weighted by Gasteiger charge is 2.29. The van der Waals surface area contributed by atoms with E-state index < -0.39 is 5.97 Å². The number of hydrogen-bond donors (Lipinski definition) is 2. The Bertz CT molecular complexity index is 1250. The summed E-state index contributed by atoms with van der Waals surface area (Å²) in [6.45, 7) is 0.550. The number of carbonyl (C=O) groups is 2. The molecule has 3 aromatic rings. The molecule has 1 heterocycles. The maximum Gasteiger partial charge on any atom is 0.305 e. The molecule has 0 spiro atoms. The van der Waals surface area contributed by atoms with Crippen LogP contribution in [0.25, 0.3) is 5.69 Å². The van der Waals surface area contributed by atoms with Crippen LogP contribution in [0.3, 0.4) is 0 Å². The quantitative estimate of drug-likeness (QED) is 0.324. The minimum Gasteiger partial charge on any atom is -0.494 e. The zero-order valence-electron chi connectivity index (χ0n) is 22.9. The average molecular weight is 535 g/mol. The summed E-state index contributed by atoms with van der Waals surface area (Å²) in [6.07, 6.45) is 7.87. The number of carboxylic acid groups (broad SMARTS) is 1. The lowest BCUT2D eigenvalue weighted by Crippen LogP contribution is -2.29. The lowest BCUT2D eigenvalue weighted by Gasteiger charge is -2.32. The molecule has 39 heavy (non-hydrogen) atoms. The lowest BCUT2D eigenvalue weighted by molar-refractivity contribution is -0.137. The van der Waals surface area contributed by atoms with Crippen molar-refractivity contribution in [3.63, 3.8) is 0 Å². The highest BCUT2D eigenvalue weighted by atomic mass is 16.5. The van der Waals surface area contributed by atoms with Crippen LogP contribution in [-0.4, -0.2) is 59.5 Å². The van der Waals surface area contributed by atoms with Gasteiger partial charge in [-0.25, -0.2) is 4.68 Å². The van der Waals surface area contributed by atoms with Gasteiger partial charge in [-0.2, -0.15) is 5.10 Å². The van der Waals surface area contributed by atoms with Crippen molar-refractivity contribution in [3.8, 4) is 11.4 Å². The molecule has 2 N–H and O–H groups in total. The number of amides is 1. The van der Waals surface area contributed by atoms with Gasteiger partial charge < -0.3 is 24.8 Å². The first-order chi connectivity index (χ1) is 18.9. The van der Waals surface area contributed by atoms with Crippen molar-refractivity contribution < 1.29 is 24.2 Å². The lowest BCUT2D eigenvalue weighted by atomic mass is 9.81. The van der Waals surface area contributed by atoms with Crippen LogP contribution in [-0.2, 0) is 16.1 Å². The van der Waals surface area contributed by atoms with E-state index in [4.69, 9.17) is 19.7 Å². The second kappa shape index (κ2) is 13.3. The predicted molar refractivity (Wildman–Crippen MR) is 149 cm³/mol. The predicted octanol–water partition coefficient (Wildman–Crippen LogP) is 5.31. The summed E-state index contributed by atoms with van der Waals surface area (Å²) < 4.78 is 13.0. The van der Waals surface area contributed by atoms with E-state index in [1.54, 1.807) is 33.4 Å². The molecule has 0 bridgehead atoms. The molecule has 9 heteroatoms. The van der Waals surface area contributed by atoms with E-state index in [9.17, 15) is 9.59 Å². The molecule has 2 aromatic carbocycles. The van der Waals surface area contributed by atoms with E-state index >= 15 is 0 Å². The maximum atomic E-state index is 12.7. The number of aliphatic carboxylic acids is 1. The number of carbonyl (C=O) groups excluding carboxylic acids is 1. The van der Waals surface area contributed by atoms with Crippen molar-refractivity contribution in [2.24, 2.45) is 5.92 Å². The summed E-state index contributed by atoms with van der Waals surface area (Å²) in [7, 11) is 4.95. The van der Waals surface area contributed by atoms with Crippen molar-refractivity contribution in [1.82, 2.24) is 14.7 Å². The van der Waals surface area contributed by atoms with Crippen LogP contribution in [0.15, 0.2) is 54.7 Å². The third kappa shape index (κ3) is 6.97. The van der Waals surface area contributed by atoms with Crippen LogP contribution < -0.4 is 10.1 Å². The van der Waals surface area contributed by atoms with Crippen molar-refractivity contribution in [1.29, 1.82) is 0 Å². The molecule has 208 valence electrons. The maximum absolute atomic E-state index is 12.7. The Balaban J connectivity index is 1.63. The van der Waals surface area contributed by atoms with Gasteiger partial charge in [0.25, 0.3) is 5.91 Å². The van der Waals surface area contributed by atoms with E-state index in [2.05, 4.69) is 11.5 Å². The van der Waals surface area contributed by atoms with Crippen LogP contribution in [0.1, 0.15) is 66.2 Å². The number of hydrogen-bond acceptors (Lipinski definition) is 6. The second-order valence-electron chi connectivity index (χ2n) is 10.0. The Morgan fingerprint density at radius 3 is 2.49 bits per heavy atom. The molecule has 0 saturated heterocycles. The van der Waals surface area contributed by atoms with Crippen molar-refractivity contribution in [2.45, 2.75) is 51.2 Å². The van der Waals surface area contributed by atoms with E-state index in [0.717, 1.165) is 41.2 Å². The van der Waals surface area contributed by atoms with E-state index in [1.165, 1.54) is 24.2 Å². The molecule has 1 amide bonds.